The van der Waals surface area contributed by atoms with Crippen LogP contribution in [0.1, 0.15) is 32.4 Å². The fourth-order valence-corrected chi connectivity index (χ4v) is 2.31. The number of para-hydroxylation sites is 1. The smallest absolute Gasteiger partial charge is 0.315 e. The van der Waals surface area contributed by atoms with Gasteiger partial charge in [0.2, 0.25) is 0 Å². The van der Waals surface area contributed by atoms with Crippen molar-refractivity contribution < 1.29 is 9.90 Å². The summed E-state index contributed by atoms with van der Waals surface area (Å²) in [6, 6.07) is 9.91. The van der Waals surface area contributed by atoms with E-state index in [1.54, 1.807) is 0 Å². The van der Waals surface area contributed by atoms with Gasteiger partial charge in [-0.1, -0.05) is 32.0 Å². The Balaban J connectivity index is 1.69. The summed E-state index contributed by atoms with van der Waals surface area (Å²) >= 11 is 0. The average Bonchev–Trinajstić information content (AvgIpc) is 2.92. The number of carbonyl (C=O) groups excluding carboxylic acids is 1. The summed E-state index contributed by atoms with van der Waals surface area (Å²) in [6.45, 7) is 5.29. The van der Waals surface area contributed by atoms with Crippen LogP contribution in [0.15, 0.2) is 30.3 Å². The monoisotopic (exact) mass is 303 g/mol. The van der Waals surface area contributed by atoms with E-state index >= 15 is 0 Å². The van der Waals surface area contributed by atoms with Crippen LogP contribution in [0.25, 0.3) is 10.9 Å². The topological polar surface area (TPSA) is 77.2 Å². The standard InChI is InChI=1S/C17H25N3O2/c1-17(2,12-21)8-5-9-18-16(22)19-11-14-10-13-6-3-4-7-15(13)20-14/h3-4,6-7,10,20-21H,5,8-9,11-12H2,1-2H3,(H2,18,19,22). The zero-order valence-electron chi connectivity index (χ0n) is 13.3. The lowest BCUT2D eigenvalue weighted by atomic mass is 9.89. The minimum atomic E-state index is -0.166. The highest BCUT2D eigenvalue weighted by atomic mass is 16.3. The number of aromatic nitrogens is 1. The zero-order chi connectivity index (χ0) is 16.0. The third kappa shape index (κ3) is 4.77. The van der Waals surface area contributed by atoms with E-state index in [1.165, 1.54) is 0 Å². The summed E-state index contributed by atoms with van der Waals surface area (Å²) < 4.78 is 0. The minimum absolute atomic E-state index is 0.0808. The minimum Gasteiger partial charge on any atom is -0.396 e. The van der Waals surface area contributed by atoms with E-state index in [-0.39, 0.29) is 18.1 Å². The van der Waals surface area contributed by atoms with Gasteiger partial charge in [-0.3, -0.25) is 0 Å². The number of urea groups is 1. The Bertz CT molecular complexity index is 586. The molecule has 0 unspecified atom stereocenters. The number of hydrogen-bond acceptors (Lipinski definition) is 2. The van der Waals surface area contributed by atoms with Crippen LogP contribution in [0.5, 0.6) is 0 Å². The fourth-order valence-electron chi connectivity index (χ4n) is 2.31. The van der Waals surface area contributed by atoms with Crippen molar-refractivity contribution in [3.63, 3.8) is 0 Å². The van der Waals surface area contributed by atoms with Crippen molar-refractivity contribution in [1.82, 2.24) is 15.6 Å². The van der Waals surface area contributed by atoms with Crippen LogP contribution >= 0.6 is 0 Å². The zero-order valence-corrected chi connectivity index (χ0v) is 13.3. The molecular formula is C17H25N3O2. The van der Waals surface area contributed by atoms with Crippen LogP contribution in [0.4, 0.5) is 4.79 Å². The van der Waals surface area contributed by atoms with Gasteiger partial charge >= 0.3 is 6.03 Å². The molecule has 0 aliphatic rings. The summed E-state index contributed by atoms with van der Waals surface area (Å²) in [5.74, 6) is 0. The fraction of sp³-hybridized carbons (Fsp3) is 0.471. The second kappa shape index (κ2) is 7.31. The van der Waals surface area contributed by atoms with Crippen LogP contribution in [-0.4, -0.2) is 29.3 Å². The molecule has 0 saturated carbocycles. The Morgan fingerprint density at radius 2 is 2.05 bits per heavy atom. The molecule has 120 valence electrons. The molecule has 1 aromatic carbocycles. The Hall–Kier alpha value is -2.01. The maximum Gasteiger partial charge on any atom is 0.315 e. The molecular weight excluding hydrogens is 278 g/mol. The lowest BCUT2D eigenvalue weighted by Crippen LogP contribution is -2.36. The van der Waals surface area contributed by atoms with Crippen LogP contribution in [0, 0.1) is 5.41 Å². The number of rotatable bonds is 7. The van der Waals surface area contributed by atoms with Gasteiger partial charge in [0.15, 0.2) is 0 Å². The SMILES string of the molecule is CC(C)(CO)CCCNC(=O)NCc1cc2ccccc2[nH]1. The Morgan fingerprint density at radius 3 is 2.77 bits per heavy atom. The number of aromatic amines is 1. The third-order valence-electron chi connectivity index (χ3n) is 3.77. The highest BCUT2D eigenvalue weighted by Crippen LogP contribution is 2.20. The Morgan fingerprint density at radius 1 is 1.27 bits per heavy atom. The molecule has 0 fully saturated rings. The van der Waals surface area contributed by atoms with Gasteiger partial charge in [-0.2, -0.15) is 0 Å². The quantitative estimate of drug-likeness (QED) is 0.594. The van der Waals surface area contributed by atoms with Gasteiger partial charge in [0, 0.05) is 24.4 Å². The van der Waals surface area contributed by atoms with Gasteiger partial charge in [-0.15, -0.1) is 0 Å². The average molecular weight is 303 g/mol. The number of aliphatic hydroxyl groups is 1. The molecule has 2 aromatic rings. The molecule has 0 atom stereocenters. The normalized spacial score (nSPS) is 11.6. The summed E-state index contributed by atoms with van der Waals surface area (Å²) in [7, 11) is 0. The van der Waals surface area contributed by atoms with Crippen molar-refractivity contribution in [2.45, 2.75) is 33.2 Å². The van der Waals surface area contributed by atoms with Gasteiger partial charge in [0.05, 0.1) is 6.54 Å². The number of nitrogens with one attached hydrogen (secondary N) is 3. The molecule has 2 amide bonds. The number of aliphatic hydroxyl groups excluding tert-OH is 1. The molecule has 22 heavy (non-hydrogen) atoms. The van der Waals surface area contributed by atoms with Crippen LogP contribution < -0.4 is 10.6 Å². The second-order valence-corrected chi connectivity index (χ2v) is 6.42. The van der Waals surface area contributed by atoms with E-state index in [9.17, 15) is 4.79 Å². The molecule has 0 aliphatic carbocycles. The summed E-state index contributed by atoms with van der Waals surface area (Å²) in [5.41, 5.74) is 1.98. The molecule has 5 heteroatoms. The lowest BCUT2D eigenvalue weighted by molar-refractivity contribution is 0.148. The van der Waals surface area contributed by atoms with E-state index in [0.29, 0.717) is 13.1 Å². The highest BCUT2D eigenvalue weighted by Gasteiger charge is 2.15. The van der Waals surface area contributed by atoms with Crippen LogP contribution in [0.2, 0.25) is 0 Å². The molecule has 0 bridgehead atoms. The number of carbonyl (C=O) groups is 1. The molecule has 0 saturated heterocycles. The van der Waals surface area contributed by atoms with Crippen molar-refractivity contribution in [1.29, 1.82) is 0 Å². The summed E-state index contributed by atoms with van der Waals surface area (Å²) in [4.78, 5) is 15.0. The molecule has 0 radical (unpaired) electrons. The van der Waals surface area contributed by atoms with Gasteiger partial charge in [-0.25, -0.2) is 4.79 Å². The second-order valence-electron chi connectivity index (χ2n) is 6.42. The third-order valence-corrected chi connectivity index (χ3v) is 3.77. The van der Waals surface area contributed by atoms with E-state index in [4.69, 9.17) is 5.11 Å². The number of fused-ring (bicyclic) bond motifs is 1. The summed E-state index contributed by atoms with van der Waals surface area (Å²) in [5, 5.41) is 16.0. The molecule has 5 nitrogen and oxygen atoms in total. The first-order valence-corrected chi connectivity index (χ1v) is 7.69. The number of hydrogen-bond donors (Lipinski definition) is 4. The largest absolute Gasteiger partial charge is 0.396 e. The van der Waals surface area contributed by atoms with E-state index in [1.807, 2.05) is 44.2 Å². The van der Waals surface area contributed by atoms with Crippen molar-refractivity contribution in [3.8, 4) is 0 Å². The Kier molecular flexibility index (Phi) is 5.44. The number of H-pyrrole nitrogens is 1. The predicted octanol–water partition coefficient (Wildman–Crippen LogP) is 2.77. The molecule has 1 heterocycles. The maximum atomic E-state index is 11.7. The lowest BCUT2D eigenvalue weighted by Gasteiger charge is -2.21. The first-order valence-electron chi connectivity index (χ1n) is 7.69. The predicted molar refractivity (Wildman–Crippen MR) is 88.6 cm³/mol. The van der Waals surface area contributed by atoms with E-state index < -0.39 is 0 Å². The van der Waals surface area contributed by atoms with Gasteiger partial charge in [0.1, 0.15) is 0 Å². The first kappa shape index (κ1) is 16.4. The van der Waals surface area contributed by atoms with Crippen molar-refractivity contribution >= 4 is 16.9 Å². The van der Waals surface area contributed by atoms with Gasteiger partial charge < -0.3 is 20.7 Å². The van der Waals surface area contributed by atoms with E-state index in [2.05, 4.69) is 15.6 Å². The maximum absolute atomic E-state index is 11.7. The van der Waals surface area contributed by atoms with Gasteiger partial charge in [0.25, 0.3) is 0 Å². The molecule has 4 N–H and O–H groups in total. The molecule has 2 rings (SSSR count). The van der Waals surface area contributed by atoms with Crippen LogP contribution in [-0.2, 0) is 6.54 Å². The van der Waals surface area contributed by atoms with Crippen molar-refractivity contribution in [2.75, 3.05) is 13.2 Å². The van der Waals surface area contributed by atoms with Crippen molar-refractivity contribution in [3.05, 3.63) is 36.0 Å². The van der Waals surface area contributed by atoms with Crippen molar-refractivity contribution in [2.24, 2.45) is 5.41 Å². The number of amides is 2. The summed E-state index contributed by atoms with van der Waals surface area (Å²) in [6.07, 6.45) is 1.74. The first-order chi connectivity index (χ1) is 10.5. The molecule has 0 spiro atoms. The number of benzene rings is 1. The van der Waals surface area contributed by atoms with Gasteiger partial charge in [-0.05, 0) is 35.8 Å². The Labute approximate surface area is 131 Å². The van der Waals surface area contributed by atoms with Crippen LogP contribution in [0.3, 0.4) is 0 Å². The van der Waals surface area contributed by atoms with E-state index in [0.717, 1.165) is 29.4 Å². The molecule has 0 aliphatic heterocycles. The molecule has 1 aromatic heterocycles. The highest BCUT2D eigenvalue weighted by molar-refractivity contribution is 5.80.